The number of aromatic nitrogens is 2. The zero-order valence-electron chi connectivity index (χ0n) is 8.56. The van der Waals surface area contributed by atoms with E-state index in [1.807, 2.05) is 13.0 Å². The number of nitrogens with zero attached hydrogens (tertiary/aromatic N) is 2. The largest absolute Gasteiger partial charge is 0.468 e. The van der Waals surface area contributed by atoms with Crippen LogP contribution in [0.1, 0.15) is 17.1 Å². The lowest BCUT2D eigenvalue weighted by Gasteiger charge is -2.00. The van der Waals surface area contributed by atoms with Crippen LogP contribution in [0.4, 0.5) is 0 Å². The van der Waals surface area contributed by atoms with Gasteiger partial charge < -0.3 is 14.3 Å². The molecule has 2 rings (SSSR count). The molecule has 0 unspecified atom stereocenters. The van der Waals surface area contributed by atoms with Gasteiger partial charge in [-0.25, -0.2) is 0 Å². The molecule has 0 bridgehead atoms. The highest BCUT2D eigenvalue weighted by Gasteiger charge is 2.01. The van der Waals surface area contributed by atoms with Gasteiger partial charge in [0, 0.05) is 13.0 Å². The van der Waals surface area contributed by atoms with Crippen molar-refractivity contribution in [3.63, 3.8) is 0 Å². The lowest BCUT2D eigenvalue weighted by molar-refractivity contribution is 0.408. The van der Waals surface area contributed by atoms with Crippen LogP contribution >= 0.6 is 0 Å². The van der Waals surface area contributed by atoms with Gasteiger partial charge in [0.1, 0.15) is 5.76 Å². The standard InChI is InChI=1S/C10H13N3O2/c1-8-3-5-14-9(8)6-11-4-2-10-12-7-15-13-10/h3,5,7,11H,2,4,6H2,1H3. The summed E-state index contributed by atoms with van der Waals surface area (Å²) in [5, 5.41) is 6.97. The second kappa shape index (κ2) is 4.75. The van der Waals surface area contributed by atoms with Crippen LogP contribution < -0.4 is 5.32 Å². The third-order valence-electron chi connectivity index (χ3n) is 2.19. The van der Waals surface area contributed by atoms with Gasteiger partial charge in [0.05, 0.1) is 12.8 Å². The summed E-state index contributed by atoms with van der Waals surface area (Å²) in [5.74, 6) is 1.70. The van der Waals surface area contributed by atoms with Gasteiger partial charge in [-0.2, -0.15) is 4.98 Å². The van der Waals surface area contributed by atoms with Crippen LogP contribution in [0.2, 0.25) is 0 Å². The van der Waals surface area contributed by atoms with Crippen molar-refractivity contribution < 1.29 is 8.94 Å². The Labute approximate surface area is 87.5 Å². The second-order valence-electron chi connectivity index (χ2n) is 3.30. The molecule has 0 spiro atoms. The van der Waals surface area contributed by atoms with Crippen molar-refractivity contribution in [2.24, 2.45) is 0 Å². The Hall–Kier alpha value is -1.62. The van der Waals surface area contributed by atoms with E-state index >= 15 is 0 Å². The smallest absolute Gasteiger partial charge is 0.213 e. The molecule has 0 aliphatic carbocycles. The van der Waals surface area contributed by atoms with Crippen molar-refractivity contribution >= 4 is 0 Å². The van der Waals surface area contributed by atoms with E-state index in [0.29, 0.717) is 0 Å². The lowest BCUT2D eigenvalue weighted by atomic mass is 10.3. The van der Waals surface area contributed by atoms with E-state index < -0.39 is 0 Å². The predicted octanol–water partition coefficient (Wildman–Crippen LogP) is 1.30. The summed E-state index contributed by atoms with van der Waals surface area (Å²) >= 11 is 0. The predicted molar refractivity (Wildman–Crippen MR) is 53.2 cm³/mol. The molecule has 0 aromatic carbocycles. The summed E-state index contributed by atoms with van der Waals surface area (Å²) in [6.07, 6.45) is 3.80. The normalized spacial score (nSPS) is 10.7. The van der Waals surface area contributed by atoms with Crippen molar-refractivity contribution in [3.05, 3.63) is 35.9 Å². The topological polar surface area (TPSA) is 64.1 Å². The number of hydrogen-bond donors (Lipinski definition) is 1. The van der Waals surface area contributed by atoms with Crippen molar-refractivity contribution in [1.82, 2.24) is 15.5 Å². The molecular formula is C10H13N3O2. The number of rotatable bonds is 5. The van der Waals surface area contributed by atoms with E-state index in [0.717, 1.165) is 31.1 Å². The zero-order valence-corrected chi connectivity index (χ0v) is 8.56. The number of hydrogen-bond acceptors (Lipinski definition) is 5. The highest BCUT2D eigenvalue weighted by atomic mass is 16.5. The number of furan rings is 1. The molecule has 0 atom stereocenters. The van der Waals surface area contributed by atoms with Gasteiger partial charge in [0.25, 0.3) is 0 Å². The summed E-state index contributed by atoms with van der Waals surface area (Å²) < 4.78 is 9.92. The molecule has 0 saturated carbocycles. The van der Waals surface area contributed by atoms with Gasteiger partial charge in [-0.3, -0.25) is 0 Å². The fourth-order valence-electron chi connectivity index (χ4n) is 1.29. The molecule has 0 saturated heterocycles. The summed E-state index contributed by atoms with van der Waals surface area (Å²) in [4.78, 5) is 3.93. The monoisotopic (exact) mass is 207 g/mol. The van der Waals surface area contributed by atoms with Crippen LogP contribution in [0.3, 0.4) is 0 Å². The molecule has 15 heavy (non-hydrogen) atoms. The van der Waals surface area contributed by atoms with Crippen LogP contribution in [-0.2, 0) is 13.0 Å². The van der Waals surface area contributed by atoms with E-state index in [9.17, 15) is 0 Å². The first kappa shape index (κ1) is 9.92. The third-order valence-corrected chi connectivity index (χ3v) is 2.19. The van der Waals surface area contributed by atoms with Crippen molar-refractivity contribution in [1.29, 1.82) is 0 Å². The second-order valence-corrected chi connectivity index (χ2v) is 3.30. The molecule has 0 aliphatic rings. The first-order chi connectivity index (χ1) is 7.36. The summed E-state index contributed by atoms with van der Waals surface area (Å²) in [7, 11) is 0. The van der Waals surface area contributed by atoms with E-state index in [4.69, 9.17) is 4.42 Å². The third kappa shape index (κ3) is 2.66. The Kier molecular flexibility index (Phi) is 3.14. The Morgan fingerprint density at radius 3 is 3.07 bits per heavy atom. The van der Waals surface area contributed by atoms with Crippen molar-refractivity contribution in [3.8, 4) is 0 Å². The molecule has 2 aromatic rings. The van der Waals surface area contributed by atoms with Crippen molar-refractivity contribution in [2.75, 3.05) is 6.54 Å². The highest BCUT2D eigenvalue weighted by molar-refractivity contribution is 5.14. The van der Waals surface area contributed by atoms with Crippen molar-refractivity contribution in [2.45, 2.75) is 19.9 Å². The van der Waals surface area contributed by atoms with Crippen LogP contribution in [0.25, 0.3) is 0 Å². The quantitative estimate of drug-likeness (QED) is 0.749. The molecule has 5 nitrogen and oxygen atoms in total. The summed E-state index contributed by atoms with van der Waals surface area (Å²) in [6.45, 7) is 3.57. The highest BCUT2D eigenvalue weighted by Crippen LogP contribution is 2.07. The summed E-state index contributed by atoms with van der Waals surface area (Å²) in [5.41, 5.74) is 1.17. The SMILES string of the molecule is Cc1ccoc1CNCCc1ncon1. The molecule has 0 amide bonds. The van der Waals surface area contributed by atoms with Gasteiger partial charge in [-0.15, -0.1) is 0 Å². The van der Waals surface area contributed by atoms with E-state index in [1.165, 1.54) is 12.0 Å². The van der Waals surface area contributed by atoms with Gasteiger partial charge in [0.2, 0.25) is 6.39 Å². The lowest BCUT2D eigenvalue weighted by Crippen LogP contribution is -2.17. The van der Waals surface area contributed by atoms with Crippen LogP contribution in [0, 0.1) is 6.92 Å². The molecule has 0 fully saturated rings. The Balaban J connectivity index is 1.70. The average molecular weight is 207 g/mol. The summed E-state index contributed by atoms with van der Waals surface area (Å²) in [6, 6.07) is 1.95. The molecule has 1 N–H and O–H groups in total. The maximum absolute atomic E-state index is 5.29. The van der Waals surface area contributed by atoms with Gasteiger partial charge in [-0.05, 0) is 18.6 Å². The minimum atomic E-state index is 0.721. The molecular weight excluding hydrogens is 194 g/mol. The number of nitrogens with one attached hydrogen (secondary N) is 1. The molecule has 0 aliphatic heterocycles. The van der Waals surface area contributed by atoms with Crippen LogP contribution in [0.5, 0.6) is 0 Å². The van der Waals surface area contributed by atoms with E-state index in [-0.39, 0.29) is 0 Å². The molecule has 2 heterocycles. The van der Waals surface area contributed by atoms with Gasteiger partial charge in [-0.1, -0.05) is 5.16 Å². The van der Waals surface area contributed by atoms with Crippen LogP contribution in [0.15, 0.2) is 27.7 Å². The van der Waals surface area contributed by atoms with Gasteiger partial charge in [0.15, 0.2) is 5.82 Å². The van der Waals surface area contributed by atoms with Gasteiger partial charge >= 0.3 is 0 Å². The molecule has 5 heteroatoms. The minimum Gasteiger partial charge on any atom is -0.468 e. The van der Waals surface area contributed by atoms with E-state index in [2.05, 4.69) is 20.0 Å². The maximum atomic E-state index is 5.29. The maximum Gasteiger partial charge on any atom is 0.213 e. The Bertz CT molecular complexity index is 394. The van der Waals surface area contributed by atoms with E-state index in [1.54, 1.807) is 6.26 Å². The fourth-order valence-corrected chi connectivity index (χ4v) is 1.29. The minimum absolute atomic E-state index is 0.721. The van der Waals surface area contributed by atoms with Crippen LogP contribution in [-0.4, -0.2) is 16.7 Å². The zero-order chi connectivity index (χ0) is 10.5. The Morgan fingerprint density at radius 2 is 2.40 bits per heavy atom. The number of aryl methyl sites for hydroxylation is 1. The average Bonchev–Trinajstić information content (AvgIpc) is 2.85. The molecule has 2 aromatic heterocycles. The first-order valence-electron chi connectivity index (χ1n) is 4.85. The molecule has 0 radical (unpaired) electrons. The first-order valence-corrected chi connectivity index (χ1v) is 4.85. The fraction of sp³-hybridized carbons (Fsp3) is 0.400. The Morgan fingerprint density at radius 1 is 1.47 bits per heavy atom. The molecule has 80 valence electrons.